The van der Waals surface area contributed by atoms with E-state index in [1.54, 1.807) is 0 Å². The highest BCUT2D eigenvalue weighted by atomic mass is 14.8. The molecular weight excluding hydrogens is 172 g/mol. The lowest BCUT2D eigenvalue weighted by atomic mass is 10.1. The predicted octanol–water partition coefficient (Wildman–Crippen LogP) is 3.47. The Labute approximate surface area is 84.4 Å². The molecule has 0 radical (unpaired) electrons. The van der Waals surface area contributed by atoms with E-state index < -0.39 is 0 Å². The highest BCUT2D eigenvalue weighted by Gasteiger charge is 2.23. The van der Waals surface area contributed by atoms with Crippen molar-refractivity contribution in [3.8, 4) is 0 Å². The van der Waals surface area contributed by atoms with Crippen molar-refractivity contribution < 1.29 is 0 Å². The van der Waals surface area contributed by atoms with Crippen LogP contribution in [0.3, 0.4) is 0 Å². The summed E-state index contributed by atoms with van der Waals surface area (Å²) in [6.07, 6.45) is 6.63. The van der Waals surface area contributed by atoms with Gasteiger partial charge in [0.1, 0.15) is 5.65 Å². The molecule has 74 valence electrons. The second-order valence-electron chi connectivity index (χ2n) is 3.46. The van der Waals surface area contributed by atoms with E-state index in [0.29, 0.717) is 0 Å². The van der Waals surface area contributed by atoms with Crippen LogP contribution in [0.1, 0.15) is 38.2 Å². The van der Waals surface area contributed by atoms with Crippen LogP contribution in [0, 0.1) is 0 Å². The first-order valence-corrected chi connectivity index (χ1v) is 5.36. The molecule has 2 heteroatoms. The number of aromatic nitrogens is 2. The maximum Gasteiger partial charge on any atom is 0.137 e. The average Bonchev–Trinajstić information content (AvgIpc) is 2.99. The standard InChI is InChI=1S/C10H10N2.C2H6/c1-2-7(1)9-5-8-3-4-11-10(8)12-6-9;1-2/h3-7H,1-2H2,(H,11,12);1-2H3. The Bertz CT molecular complexity index is 413. The first-order chi connectivity index (χ1) is 6.93. The quantitative estimate of drug-likeness (QED) is 0.729. The molecule has 1 saturated carbocycles. The fourth-order valence-electron chi connectivity index (χ4n) is 1.60. The van der Waals surface area contributed by atoms with Gasteiger partial charge in [0, 0.05) is 17.8 Å². The van der Waals surface area contributed by atoms with Crippen LogP contribution in [0.5, 0.6) is 0 Å². The molecule has 1 aliphatic carbocycles. The summed E-state index contributed by atoms with van der Waals surface area (Å²) in [6, 6.07) is 4.32. The van der Waals surface area contributed by atoms with Gasteiger partial charge in [0.05, 0.1) is 0 Å². The zero-order valence-corrected chi connectivity index (χ0v) is 8.75. The van der Waals surface area contributed by atoms with E-state index in [1.807, 2.05) is 26.2 Å². The lowest BCUT2D eigenvalue weighted by molar-refractivity contribution is 1.11. The molecule has 0 aromatic carbocycles. The first kappa shape index (κ1) is 9.25. The average molecular weight is 188 g/mol. The molecule has 0 saturated heterocycles. The highest BCUT2D eigenvalue weighted by molar-refractivity contribution is 5.75. The normalized spacial score (nSPS) is 15.0. The lowest BCUT2D eigenvalue weighted by Gasteiger charge is -1.95. The second kappa shape index (κ2) is 3.82. The molecule has 2 heterocycles. The highest BCUT2D eigenvalue weighted by Crippen LogP contribution is 2.40. The van der Waals surface area contributed by atoms with Crippen LogP contribution in [-0.2, 0) is 0 Å². The van der Waals surface area contributed by atoms with Crippen LogP contribution in [0.4, 0.5) is 0 Å². The molecule has 0 bridgehead atoms. The van der Waals surface area contributed by atoms with Crippen LogP contribution in [-0.4, -0.2) is 9.97 Å². The van der Waals surface area contributed by atoms with Gasteiger partial charge in [-0.1, -0.05) is 13.8 Å². The summed E-state index contributed by atoms with van der Waals surface area (Å²) in [5, 5.41) is 1.24. The SMILES string of the molecule is CC.c1cc2cc(C3CC3)cnc2[nH]1. The van der Waals surface area contributed by atoms with E-state index in [2.05, 4.69) is 22.1 Å². The number of fused-ring (bicyclic) bond motifs is 1. The molecule has 0 amide bonds. The van der Waals surface area contributed by atoms with E-state index in [1.165, 1.54) is 23.8 Å². The Balaban J connectivity index is 0.000000354. The molecule has 1 N–H and O–H groups in total. The minimum absolute atomic E-state index is 0.803. The second-order valence-corrected chi connectivity index (χ2v) is 3.46. The van der Waals surface area contributed by atoms with E-state index in [4.69, 9.17) is 0 Å². The van der Waals surface area contributed by atoms with E-state index in [-0.39, 0.29) is 0 Å². The molecule has 2 nitrogen and oxygen atoms in total. The van der Waals surface area contributed by atoms with Crippen LogP contribution < -0.4 is 0 Å². The number of nitrogens with one attached hydrogen (secondary N) is 1. The van der Waals surface area contributed by atoms with Gasteiger partial charge >= 0.3 is 0 Å². The molecule has 2 aromatic rings. The van der Waals surface area contributed by atoms with Gasteiger partial charge in [0.2, 0.25) is 0 Å². The molecule has 2 aromatic heterocycles. The maximum atomic E-state index is 4.35. The minimum Gasteiger partial charge on any atom is -0.346 e. The Morgan fingerprint density at radius 3 is 2.86 bits per heavy atom. The number of hydrogen-bond donors (Lipinski definition) is 1. The third-order valence-corrected chi connectivity index (χ3v) is 2.47. The predicted molar refractivity (Wildman–Crippen MR) is 59.4 cm³/mol. The Hall–Kier alpha value is -1.31. The lowest BCUT2D eigenvalue weighted by Crippen LogP contribution is -1.82. The Morgan fingerprint density at radius 1 is 1.36 bits per heavy atom. The smallest absolute Gasteiger partial charge is 0.137 e. The largest absolute Gasteiger partial charge is 0.346 e. The fraction of sp³-hybridized carbons (Fsp3) is 0.417. The van der Waals surface area contributed by atoms with Gasteiger partial charge < -0.3 is 4.98 Å². The monoisotopic (exact) mass is 188 g/mol. The number of nitrogens with zero attached hydrogens (tertiary/aromatic N) is 1. The van der Waals surface area contributed by atoms with Crippen molar-refractivity contribution in [1.82, 2.24) is 9.97 Å². The maximum absolute atomic E-state index is 4.35. The van der Waals surface area contributed by atoms with Crippen LogP contribution >= 0.6 is 0 Å². The van der Waals surface area contributed by atoms with E-state index in [0.717, 1.165) is 11.6 Å². The minimum atomic E-state index is 0.803. The molecule has 0 atom stereocenters. The topological polar surface area (TPSA) is 28.7 Å². The van der Waals surface area contributed by atoms with Gasteiger partial charge in [0.15, 0.2) is 0 Å². The number of pyridine rings is 1. The molecule has 14 heavy (non-hydrogen) atoms. The number of hydrogen-bond acceptors (Lipinski definition) is 1. The third-order valence-electron chi connectivity index (χ3n) is 2.47. The van der Waals surface area contributed by atoms with Crippen molar-refractivity contribution >= 4 is 11.0 Å². The summed E-state index contributed by atoms with van der Waals surface area (Å²) in [5.74, 6) is 0.803. The summed E-state index contributed by atoms with van der Waals surface area (Å²) in [4.78, 5) is 7.44. The van der Waals surface area contributed by atoms with Gasteiger partial charge in [-0.25, -0.2) is 4.98 Å². The van der Waals surface area contributed by atoms with Gasteiger partial charge in [-0.3, -0.25) is 0 Å². The molecular formula is C12H16N2. The van der Waals surface area contributed by atoms with Gasteiger partial charge in [0.25, 0.3) is 0 Å². The molecule has 0 spiro atoms. The molecule has 1 fully saturated rings. The van der Waals surface area contributed by atoms with E-state index >= 15 is 0 Å². The zero-order chi connectivity index (χ0) is 9.97. The first-order valence-electron chi connectivity index (χ1n) is 5.36. The zero-order valence-electron chi connectivity index (χ0n) is 8.75. The van der Waals surface area contributed by atoms with Gasteiger partial charge in [-0.05, 0) is 36.5 Å². The number of aromatic amines is 1. The summed E-state index contributed by atoms with van der Waals surface area (Å²) in [6.45, 7) is 4.00. The molecule has 0 aliphatic heterocycles. The third kappa shape index (κ3) is 1.65. The summed E-state index contributed by atoms with van der Waals surface area (Å²) >= 11 is 0. The summed E-state index contributed by atoms with van der Waals surface area (Å²) in [7, 11) is 0. The van der Waals surface area contributed by atoms with Gasteiger partial charge in [-0.15, -0.1) is 0 Å². The Kier molecular flexibility index (Phi) is 2.53. The molecule has 1 aliphatic rings. The van der Waals surface area contributed by atoms with E-state index in [9.17, 15) is 0 Å². The van der Waals surface area contributed by atoms with Crippen LogP contribution in [0.2, 0.25) is 0 Å². The summed E-state index contributed by atoms with van der Waals surface area (Å²) in [5.41, 5.74) is 2.40. The van der Waals surface area contributed by atoms with Crippen LogP contribution in [0.25, 0.3) is 11.0 Å². The number of H-pyrrole nitrogens is 1. The summed E-state index contributed by atoms with van der Waals surface area (Å²) < 4.78 is 0. The number of rotatable bonds is 1. The van der Waals surface area contributed by atoms with Crippen molar-refractivity contribution in [3.05, 3.63) is 30.1 Å². The molecule has 0 unspecified atom stereocenters. The van der Waals surface area contributed by atoms with Gasteiger partial charge in [-0.2, -0.15) is 0 Å². The van der Waals surface area contributed by atoms with Crippen molar-refractivity contribution in [2.24, 2.45) is 0 Å². The van der Waals surface area contributed by atoms with Crippen molar-refractivity contribution in [2.75, 3.05) is 0 Å². The van der Waals surface area contributed by atoms with Crippen LogP contribution in [0.15, 0.2) is 24.5 Å². The molecule has 3 rings (SSSR count). The Morgan fingerprint density at radius 2 is 2.14 bits per heavy atom. The van der Waals surface area contributed by atoms with Crippen molar-refractivity contribution in [3.63, 3.8) is 0 Å². The van der Waals surface area contributed by atoms with Crippen molar-refractivity contribution in [2.45, 2.75) is 32.6 Å². The fourth-order valence-corrected chi connectivity index (χ4v) is 1.60. The van der Waals surface area contributed by atoms with Crippen molar-refractivity contribution in [1.29, 1.82) is 0 Å².